The van der Waals surface area contributed by atoms with Crippen molar-refractivity contribution in [1.29, 1.82) is 0 Å². The van der Waals surface area contributed by atoms with Gasteiger partial charge in [-0.1, -0.05) is 48.0 Å². The van der Waals surface area contributed by atoms with E-state index in [0.717, 1.165) is 48.6 Å². The molecule has 1 unspecified atom stereocenters. The summed E-state index contributed by atoms with van der Waals surface area (Å²) in [5.74, 6) is 1.05. The van der Waals surface area contributed by atoms with Gasteiger partial charge >= 0.3 is 0 Å². The van der Waals surface area contributed by atoms with E-state index < -0.39 is 10.0 Å². The number of imidazole rings is 1. The SMILES string of the molecule is Cc1ccc(S(=O)(=O)Nc2ccc3c(c2)nc2n3CC[NH+](Cc3ccccc3)C2)cc1. The van der Waals surface area contributed by atoms with Gasteiger partial charge in [0.25, 0.3) is 10.0 Å². The summed E-state index contributed by atoms with van der Waals surface area (Å²) in [6.45, 7) is 5.71. The Kier molecular flexibility index (Phi) is 5.00. The molecule has 0 aliphatic carbocycles. The number of anilines is 1. The third kappa shape index (κ3) is 4.06. The molecule has 0 spiro atoms. The molecule has 1 aromatic heterocycles. The quantitative estimate of drug-likeness (QED) is 0.509. The van der Waals surface area contributed by atoms with Gasteiger partial charge in [-0.2, -0.15) is 0 Å². The van der Waals surface area contributed by atoms with Crippen molar-refractivity contribution in [2.24, 2.45) is 0 Å². The zero-order chi connectivity index (χ0) is 21.4. The van der Waals surface area contributed by atoms with Crippen LogP contribution < -0.4 is 9.62 Å². The zero-order valence-corrected chi connectivity index (χ0v) is 18.2. The van der Waals surface area contributed by atoms with Crippen molar-refractivity contribution in [2.45, 2.75) is 31.5 Å². The Morgan fingerprint density at radius 1 is 1.03 bits per heavy atom. The fourth-order valence-corrected chi connectivity index (χ4v) is 5.23. The molecule has 7 heteroatoms. The van der Waals surface area contributed by atoms with Crippen molar-refractivity contribution in [1.82, 2.24) is 9.55 Å². The van der Waals surface area contributed by atoms with E-state index in [2.05, 4.69) is 33.6 Å². The third-order valence-electron chi connectivity index (χ3n) is 5.80. The number of aromatic nitrogens is 2. The van der Waals surface area contributed by atoms with E-state index in [-0.39, 0.29) is 4.90 Å². The summed E-state index contributed by atoms with van der Waals surface area (Å²) in [4.78, 5) is 6.56. The molecule has 4 aromatic rings. The fraction of sp³-hybridized carbons (Fsp3) is 0.208. The molecule has 0 amide bonds. The molecule has 6 nitrogen and oxygen atoms in total. The van der Waals surface area contributed by atoms with E-state index in [1.54, 1.807) is 24.3 Å². The Morgan fingerprint density at radius 2 is 1.81 bits per heavy atom. The lowest BCUT2D eigenvalue weighted by molar-refractivity contribution is -0.932. The summed E-state index contributed by atoms with van der Waals surface area (Å²) in [5, 5.41) is 0. The van der Waals surface area contributed by atoms with Crippen molar-refractivity contribution in [3.05, 3.63) is 89.7 Å². The van der Waals surface area contributed by atoms with Crippen LogP contribution in [0.5, 0.6) is 0 Å². The molecule has 1 atom stereocenters. The molecule has 0 bridgehead atoms. The van der Waals surface area contributed by atoms with E-state index in [4.69, 9.17) is 4.98 Å². The number of hydrogen-bond acceptors (Lipinski definition) is 3. The predicted molar refractivity (Wildman–Crippen MR) is 121 cm³/mol. The number of hydrogen-bond donors (Lipinski definition) is 2. The molecule has 0 fully saturated rings. The Morgan fingerprint density at radius 3 is 2.58 bits per heavy atom. The minimum absolute atomic E-state index is 0.252. The first-order chi connectivity index (χ1) is 15.0. The number of benzene rings is 3. The number of fused-ring (bicyclic) bond motifs is 3. The highest BCUT2D eigenvalue weighted by Gasteiger charge is 2.23. The van der Waals surface area contributed by atoms with Crippen LogP contribution in [-0.2, 0) is 29.7 Å². The maximum Gasteiger partial charge on any atom is 0.261 e. The molecule has 0 radical (unpaired) electrons. The highest BCUT2D eigenvalue weighted by atomic mass is 32.2. The van der Waals surface area contributed by atoms with Crippen LogP contribution >= 0.6 is 0 Å². The Balaban J connectivity index is 1.37. The van der Waals surface area contributed by atoms with Gasteiger partial charge in [-0.3, -0.25) is 4.72 Å². The van der Waals surface area contributed by atoms with Crippen LogP contribution in [-0.4, -0.2) is 24.5 Å². The third-order valence-corrected chi connectivity index (χ3v) is 7.20. The normalized spacial score (nSPS) is 16.2. The first-order valence-electron chi connectivity index (χ1n) is 10.4. The van der Waals surface area contributed by atoms with E-state index in [0.29, 0.717) is 5.69 Å². The van der Waals surface area contributed by atoms with E-state index in [9.17, 15) is 8.42 Å². The summed E-state index contributed by atoms with van der Waals surface area (Å²) in [5.41, 5.74) is 4.74. The van der Waals surface area contributed by atoms with Crippen LogP contribution in [0, 0.1) is 6.92 Å². The minimum atomic E-state index is -3.63. The summed E-state index contributed by atoms with van der Waals surface area (Å²) in [7, 11) is -3.63. The molecule has 0 saturated carbocycles. The highest BCUT2D eigenvalue weighted by Crippen LogP contribution is 2.23. The molecule has 31 heavy (non-hydrogen) atoms. The van der Waals surface area contributed by atoms with Crippen molar-refractivity contribution < 1.29 is 13.3 Å². The number of sulfonamides is 1. The van der Waals surface area contributed by atoms with Gasteiger partial charge in [0, 0.05) is 5.56 Å². The van der Waals surface area contributed by atoms with Crippen molar-refractivity contribution in [3.8, 4) is 0 Å². The van der Waals surface area contributed by atoms with Crippen LogP contribution in [0.25, 0.3) is 11.0 Å². The Labute approximate surface area is 182 Å². The van der Waals surface area contributed by atoms with Gasteiger partial charge in [0.2, 0.25) is 0 Å². The summed E-state index contributed by atoms with van der Waals surface area (Å²) < 4.78 is 30.4. The lowest BCUT2D eigenvalue weighted by Gasteiger charge is -2.25. The number of aryl methyl sites for hydroxylation is 1. The molecule has 158 valence electrons. The molecule has 5 rings (SSSR count). The molecule has 0 saturated heterocycles. The topological polar surface area (TPSA) is 68.4 Å². The molecule has 3 aromatic carbocycles. The van der Waals surface area contributed by atoms with Gasteiger partial charge in [0.1, 0.15) is 13.1 Å². The smallest absolute Gasteiger partial charge is 0.261 e. The number of rotatable bonds is 5. The molecule has 2 heterocycles. The molecule has 1 aliphatic rings. The second kappa shape index (κ2) is 7.83. The number of nitrogens with zero attached hydrogens (tertiary/aromatic N) is 2. The monoisotopic (exact) mass is 433 g/mol. The predicted octanol–water partition coefficient (Wildman–Crippen LogP) is 2.74. The standard InChI is InChI=1S/C24H24N4O2S/c1-18-7-10-21(11-8-18)31(29,30)26-20-9-12-23-22(15-20)25-24-17-27(13-14-28(23)24)16-19-5-3-2-4-6-19/h2-12,15,26H,13-14,16-17H2,1H3/p+1. The van der Waals surface area contributed by atoms with Crippen LogP contribution in [0.3, 0.4) is 0 Å². The Bertz CT molecular complexity index is 1330. The molecular formula is C24H25N4O2S+. The van der Waals surface area contributed by atoms with E-state index in [1.807, 2.05) is 31.2 Å². The van der Waals surface area contributed by atoms with Gasteiger partial charge < -0.3 is 9.47 Å². The number of quaternary nitrogens is 1. The van der Waals surface area contributed by atoms with Crippen LogP contribution in [0.4, 0.5) is 5.69 Å². The fourth-order valence-electron chi connectivity index (χ4n) is 4.18. The minimum Gasteiger partial charge on any atom is -0.323 e. The average Bonchev–Trinajstić information content (AvgIpc) is 3.11. The van der Waals surface area contributed by atoms with Crippen LogP contribution in [0.1, 0.15) is 17.0 Å². The van der Waals surface area contributed by atoms with Gasteiger partial charge in [0.05, 0.1) is 34.7 Å². The molecule has 1 aliphatic heterocycles. The lowest BCUT2D eigenvalue weighted by Crippen LogP contribution is -3.10. The van der Waals surface area contributed by atoms with Gasteiger partial charge in [-0.15, -0.1) is 0 Å². The van der Waals surface area contributed by atoms with Crippen molar-refractivity contribution >= 4 is 26.7 Å². The highest BCUT2D eigenvalue weighted by molar-refractivity contribution is 7.92. The van der Waals surface area contributed by atoms with Gasteiger partial charge in [0.15, 0.2) is 5.82 Å². The van der Waals surface area contributed by atoms with Crippen LogP contribution in [0.2, 0.25) is 0 Å². The average molecular weight is 434 g/mol. The lowest BCUT2D eigenvalue weighted by atomic mass is 10.2. The summed E-state index contributed by atoms with van der Waals surface area (Å²) in [6, 6.07) is 22.9. The van der Waals surface area contributed by atoms with Crippen molar-refractivity contribution in [2.75, 3.05) is 11.3 Å². The van der Waals surface area contributed by atoms with Crippen LogP contribution in [0.15, 0.2) is 77.7 Å². The van der Waals surface area contributed by atoms with E-state index >= 15 is 0 Å². The largest absolute Gasteiger partial charge is 0.323 e. The maximum absolute atomic E-state index is 12.7. The summed E-state index contributed by atoms with van der Waals surface area (Å²) >= 11 is 0. The first kappa shape index (κ1) is 19.8. The maximum atomic E-state index is 12.7. The second-order valence-electron chi connectivity index (χ2n) is 8.14. The zero-order valence-electron chi connectivity index (χ0n) is 17.4. The van der Waals surface area contributed by atoms with Gasteiger partial charge in [-0.25, -0.2) is 13.4 Å². The second-order valence-corrected chi connectivity index (χ2v) is 9.82. The van der Waals surface area contributed by atoms with Crippen molar-refractivity contribution in [3.63, 3.8) is 0 Å². The Hall–Kier alpha value is -3.16. The molecular weight excluding hydrogens is 408 g/mol. The molecule has 2 N–H and O–H groups in total. The van der Waals surface area contributed by atoms with E-state index in [1.165, 1.54) is 10.5 Å². The summed E-state index contributed by atoms with van der Waals surface area (Å²) in [6.07, 6.45) is 0. The first-order valence-corrected chi connectivity index (χ1v) is 11.9. The van der Waals surface area contributed by atoms with Gasteiger partial charge in [-0.05, 0) is 37.3 Å². The number of nitrogens with one attached hydrogen (secondary N) is 2.